The zero-order valence-corrected chi connectivity index (χ0v) is 35.4. The van der Waals surface area contributed by atoms with Gasteiger partial charge in [0, 0.05) is 75.6 Å². The first-order chi connectivity index (χ1) is 29.0. The number of carbonyl (C=O) groups excluding carboxylic acids is 3. The fraction of sp³-hybridized carbons (Fsp3) is 0.375. The largest absolute Gasteiger partial charge is 0.458 e. The fourth-order valence-electron chi connectivity index (χ4n) is 7.12. The second-order valence-electron chi connectivity index (χ2n) is 14.1. The van der Waals surface area contributed by atoms with Crippen LogP contribution in [0.5, 0.6) is 0 Å². The molecule has 0 amide bonds. The molecule has 4 rings (SSSR count). The van der Waals surface area contributed by atoms with E-state index < -0.39 is 36.2 Å². The summed E-state index contributed by atoms with van der Waals surface area (Å²) in [5, 5.41) is 29.9. The molecule has 0 radical (unpaired) electrons. The van der Waals surface area contributed by atoms with Crippen molar-refractivity contribution in [2.75, 3.05) is 54.0 Å². The summed E-state index contributed by atoms with van der Waals surface area (Å²) in [6, 6.07) is 28.1. The van der Waals surface area contributed by atoms with Gasteiger partial charge in [0.2, 0.25) is 0 Å². The number of nitriles is 3. The summed E-state index contributed by atoms with van der Waals surface area (Å²) >= 11 is 0. The number of hydrogen-bond donors (Lipinski definition) is 0. The van der Waals surface area contributed by atoms with Crippen molar-refractivity contribution in [3.05, 3.63) is 106 Å². The molecule has 1 aliphatic rings. The van der Waals surface area contributed by atoms with Crippen LogP contribution in [0.1, 0.15) is 77.5 Å². The molecule has 0 atom stereocenters. The normalized spacial score (nSPS) is 16.6. The molecule has 60 heavy (non-hydrogen) atoms. The molecule has 1 fully saturated rings. The Balaban J connectivity index is 1.56. The molecule has 312 valence electrons. The topological polar surface area (TPSA) is 160 Å². The van der Waals surface area contributed by atoms with Crippen LogP contribution in [0.25, 0.3) is 18.2 Å². The Kier molecular flexibility index (Phi) is 17.5. The minimum absolute atomic E-state index is 0.0138. The van der Waals surface area contributed by atoms with Gasteiger partial charge in [0.15, 0.2) is 0 Å². The number of benzene rings is 3. The van der Waals surface area contributed by atoms with Crippen LogP contribution in [0, 0.1) is 34.0 Å². The molecule has 0 unspecified atom stereocenters. The summed E-state index contributed by atoms with van der Waals surface area (Å²) in [6.07, 6.45) is 1.49. The van der Waals surface area contributed by atoms with E-state index in [0.29, 0.717) is 16.7 Å². The number of anilines is 3. The zero-order valence-electron chi connectivity index (χ0n) is 35.4. The minimum Gasteiger partial charge on any atom is -0.458 e. The van der Waals surface area contributed by atoms with Crippen LogP contribution < -0.4 is 14.7 Å². The second kappa shape index (κ2) is 22.9. The van der Waals surface area contributed by atoms with Crippen LogP contribution in [-0.4, -0.2) is 75.5 Å². The van der Waals surface area contributed by atoms with E-state index in [-0.39, 0.29) is 36.0 Å². The van der Waals surface area contributed by atoms with E-state index in [9.17, 15) is 30.2 Å². The molecule has 0 saturated heterocycles. The van der Waals surface area contributed by atoms with Crippen molar-refractivity contribution in [3.8, 4) is 18.2 Å². The van der Waals surface area contributed by atoms with E-state index in [2.05, 4.69) is 56.2 Å². The van der Waals surface area contributed by atoms with Crippen molar-refractivity contribution in [3.63, 3.8) is 0 Å². The van der Waals surface area contributed by atoms with Crippen LogP contribution in [-0.2, 0) is 28.6 Å². The summed E-state index contributed by atoms with van der Waals surface area (Å²) in [5.74, 6) is -2.70. The van der Waals surface area contributed by atoms with Crippen molar-refractivity contribution in [2.24, 2.45) is 0 Å². The number of nitrogens with zero attached hydrogens (tertiary/aromatic N) is 6. The lowest BCUT2D eigenvalue weighted by atomic mass is 9.91. The van der Waals surface area contributed by atoms with Gasteiger partial charge in [-0.1, -0.05) is 36.4 Å². The van der Waals surface area contributed by atoms with Gasteiger partial charge in [0.1, 0.15) is 53.2 Å². The van der Waals surface area contributed by atoms with Crippen molar-refractivity contribution < 1.29 is 28.6 Å². The molecule has 0 aliphatic heterocycles. The zero-order chi connectivity index (χ0) is 43.6. The lowest BCUT2D eigenvalue weighted by Crippen LogP contribution is -2.40. The Morgan fingerprint density at radius 2 is 0.683 bits per heavy atom. The number of rotatable bonds is 18. The molecule has 3 aromatic rings. The van der Waals surface area contributed by atoms with Crippen molar-refractivity contribution in [2.45, 2.75) is 79.1 Å². The molecular weight excluding hydrogens is 757 g/mol. The lowest BCUT2D eigenvalue weighted by molar-refractivity contribution is -0.164. The van der Waals surface area contributed by atoms with Crippen LogP contribution in [0.15, 0.2) is 89.5 Å². The SMILES string of the molecule is CCN(CC)c1ccc(/C=C(\C#N)C(=O)OC2CC(OC(=O)/C(C#N)=C/c3ccc(N(CC)CC)cc3)CC(OC(=O)/C(C#N)=C/c3ccc(N(CC)CC)cc3)C2)cc1. The van der Waals surface area contributed by atoms with E-state index >= 15 is 0 Å². The molecule has 0 N–H and O–H groups in total. The second-order valence-corrected chi connectivity index (χ2v) is 14.1. The standard InChI is InChI=1S/C48H54N6O6/c1-7-52(8-2)40-19-13-34(14-20-40)25-37(31-49)46(55)58-43-28-44(59-47(56)38(32-50)26-35-15-21-41(22-16-35)53(9-3)10-4)30-45(29-43)60-48(57)39(33-51)27-36-17-23-42(24-18-36)54(11-5)12-6/h13-27,43-45H,7-12,28-30H2,1-6H3/b37-25+,38-26+,39-27+. The molecule has 0 bridgehead atoms. The summed E-state index contributed by atoms with van der Waals surface area (Å²) in [6.45, 7) is 17.3. The molecular formula is C48H54N6O6. The maximum Gasteiger partial charge on any atom is 0.349 e. The predicted octanol–water partition coefficient (Wildman–Crippen LogP) is 8.27. The lowest BCUT2D eigenvalue weighted by Gasteiger charge is -2.33. The molecule has 0 spiro atoms. The van der Waals surface area contributed by atoms with Gasteiger partial charge in [-0.3, -0.25) is 0 Å². The Morgan fingerprint density at radius 1 is 0.467 bits per heavy atom. The average molecular weight is 811 g/mol. The molecule has 12 heteroatoms. The predicted molar refractivity (Wildman–Crippen MR) is 234 cm³/mol. The summed E-state index contributed by atoms with van der Waals surface area (Å²) in [5.41, 5.74) is 4.14. The van der Waals surface area contributed by atoms with Gasteiger partial charge in [-0.2, -0.15) is 15.8 Å². The molecule has 0 heterocycles. The highest BCUT2D eigenvalue weighted by atomic mass is 16.6. The summed E-state index contributed by atoms with van der Waals surface area (Å²) in [4.78, 5) is 46.9. The van der Waals surface area contributed by atoms with Crippen LogP contribution >= 0.6 is 0 Å². The monoisotopic (exact) mass is 810 g/mol. The number of carbonyl (C=O) groups is 3. The first-order valence-electron chi connectivity index (χ1n) is 20.6. The summed E-state index contributed by atoms with van der Waals surface area (Å²) < 4.78 is 17.4. The average Bonchev–Trinajstić information content (AvgIpc) is 3.26. The van der Waals surface area contributed by atoms with Gasteiger partial charge >= 0.3 is 17.9 Å². The Bertz CT molecular complexity index is 1890. The van der Waals surface area contributed by atoms with E-state index in [0.717, 1.165) is 56.3 Å². The maximum atomic E-state index is 13.4. The highest BCUT2D eigenvalue weighted by molar-refractivity contribution is 5.99. The van der Waals surface area contributed by atoms with Crippen LogP contribution in [0.4, 0.5) is 17.1 Å². The van der Waals surface area contributed by atoms with Crippen LogP contribution in [0.3, 0.4) is 0 Å². The highest BCUT2D eigenvalue weighted by Crippen LogP contribution is 2.29. The third-order valence-corrected chi connectivity index (χ3v) is 10.4. The smallest absolute Gasteiger partial charge is 0.349 e. The molecule has 1 saturated carbocycles. The molecule has 12 nitrogen and oxygen atoms in total. The fourth-order valence-corrected chi connectivity index (χ4v) is 7.12. The van der Waals surface area contributed by atoms with Gasteiger partial charge in [0.25, 0.3) is 0 Å². The van der Waals surface area contributed by atoms with Gasteiger partial charge in [-0.25, -0.2) is 14.4 Å². The van der Waals surface area contributed by atoms with Crippen molar-refractivity contribution in [1.82, 2.24) is 0 Å². The quantitative estimate of drug-likeness (QED) is 0.0525. The summed E-state index contributed by atoms with van der Waals surface area (Å²) in [7, 11) is 0. The number of hydrogen-bond acceptors (Lipinski definition) is 12. The molecule has 0 aromatic heterocycles. The number of ether oxygens (including phenoxy) is 3. The third-order valence-electron chi connectivity index (χ3n) is 10.4. The Labute approximate surface area is 354 Å². The first kappa shape index (κ1) is 45.9. The van der Waals surface area contributed by atoms with Crippen molar-refractivity contribution in [1.29, 1.82) is 15.8 Å². The van der Waals surface area contributed by atoms with Gasteiger partial charge in [0.05, 0.1) is 0 Å². The van der Waals surface area contributed by atoms with E-state index in [1.807, 2.05) is 91.0 Å². The number of esters is 3. The van der Waals surface area contributed by atoms with E-state index in [4.69, 9.17) is 14.2 Å². The van der Waals surface area contributed by atoms with E-state index in [1.165, 1.54) is 18.2 Å². The van der Waals surface area contributed by atoms with Gasteiger partial charge < -0.3 is 28.9 Å². The molecule has 1 aliphatic carbocycles. The van der Waals surface area contributed by atoms with Gasteiger partial charge in [-0.05, 0) is 113 Å². The Hall–Kier alpha value is -6.84. The van der Waals surface area contributed by atoms with Crippen molar-refractivity contribution >= 4 is 53.2 Å². The van der Waals surface area contributed by atoms with Gasteiger partial charge in [-0.15, -0.1) is 0 Å². The minimum atomic E-state index is -0.951. The van der Waals surface area contributed by atoms with E-state index in [1.54, 1.807) is 0 Å². The van der Waals surface area contributed by atoms with Crippen LogP contribution in [0.2, 0.25) is 0 Å². The first-order valence-corrected chi connectivity index (χ1v) is 20.6. The third kappa shape index (κ3) is 12.6. The maximum absolute atomic E-state index is 13.4. The highest BCUT2D eigenvalue weighted by Gasteiger charge is 2.37. The Morgan fingerprint density at radius 3 is 0.867 bits per heavy atom. The molecule has 3 aromatic carbocycles.